The Balaban J connectivity index is 1.25. The maximum Gasteiger partial charge on any atom is 0.330 e. The van der Waals surface area contributed by atoms with Crippen LogP contribution in [0.4, 0.5) is 0 Å². The standard InChI is InChI=1S/C66H74Cl2N12O23/c1-23(2)12-34(72-5)58(90)78-49-51(85)26-7-10-38(32(67)14-26)99-40-16-28-17-41(55(40)103-65-56(54(88)53(87)42(101-65)22-73-80-71)102-44-21-66(4,70)57(89)24(3)98-44)100-39-11-8-27(15-33(39)68)52(86)50-63(95)77-48(64(96)97)31-18-29(81)19-37(83)45(31)30-13-25(6-9-36(30)82)46(60(92)79-50)76-61(93)47(28)75-59(91)35(20-43(69)84)74-62(49)94/h6-11,13-19,23-24,34-35,42,44,46-54,56-57,65,72,81-83,85-89H,12,20-22,70H2,1-5H3,(H2,69,84)(H,74,94)(H,75,91)(H,76,93)(H,77,95)(H,78,90)(H,79,92)(H,96,97)/t24?,34-,35+,42?,44?,46-,47-,48-,49-,50+,51-,52-,53?,54?,56?,57?,65?,66?/m1/s1. The Bertz CT molecular complexity index is 4220. The third-order valence-electron chi connectivity index (χ3n) is 17.9. The molecule has 7 heterocycles. The third-order valence-corrected chi connectivity index (χ3v) is 18.5. The lowest BCUT2D eigenvalue weighted by Gasteiger charge is -2.47. The number of carboxylic acids is 1. The second kappa shape index (κ2) is 31.0. The molecule has 0 radical (unpaired) electrons. The summed E-state index contributed by atoms with van der Waals surface area (Å²) >= 11 is 14.1. The van der Waals surface area contributed by atoms with Gasteiger partial charge in [-0.3, -0.25) is 33.6 Å². The molecule has 5 aromatic rings. The van der Waals surface area contributed by atoms with Crippen molar-refractivity contribution in [3.8, 4) is 57.1 Å². The average molecular weight is 1470 g/mol. The van der Waals surface area contributed by atoms with E-state index in [0.717, 1.165) is 66.7 Å². The molecule has 7 aliphatic heterocycles. The van der Waals surface area contributed by atoms with E-state index in [9.17, 15) is 75.5 Å². The highest BCUT2D eigenvalue weighted by Gasteiger charge is 2.51. The summed E-state index contributed by atoms with van der Waals surface area (Å²) in [6.07, 6.45) is -18.7. The SMILES string of the molecule is CN[C@H](CC(C)C)C(=O)N[C@H]1C(=O)N[C@@H](CC(N)=O)C(=O)N[C@H]2C(=O)N[C@H]3C(=O)N[C@H](C(=O)N[C@@H](C(=O)O)c4cc(O)cc(O)c4-c4cc3ccc4O)[C@H](O)c3ccc(c(Cl)c3)Oc3cc2cc(c3OC2OC(CN=[N+]=[N-])C(O)C(O)C2OC2CC(C)(N)C(O)C(C)O2)Oc2ccc(cc2Cl)[C@H]1O. The summed E-state index contributed by atoms with van der Waals surface area (Å²) in [5.41, 5.74) is 17.4. The van der Waals surface area contributed by atoms with Crippen LogP contribution in [0.3, 0.4) is 0 Å². The number of primary amides is 1. The topological polar surface area (TPSA) is 559 Å². The van der Waals surface area contributed by atoms with Gasteiger partial charge in [0.05, 0.1) is 47.4 Å². The van der Waals surface area contributed by atoms with Crippen LogP contribution in [0.5, 0.6) is 46.0 Å². The van der Waals surface area contributed by atoms with Crippen molar-refractivity contribution < 1.29 is 113 Å². The van der Waals surface area contributed by atoms with Crippen LogP contribution in [0.2, 0.25) is 10.0 Å². The summed E-state index contributed by atoms with van der Waals surface area (Å²) in [6, 6.07) is -0.810. The summed E-state index contributed by atoms with van der Waals surface area (Å²) in [5, 5.41) is 124. The molecule has 0 spiro atoms. The minimum Gasteiger partial charge on any atom is -0.508 e. The molecule has 35 nitrogen and oxygen atoms in total. The molecule has 7 aliphatic rings. The Labute approximate surface area is 594 Å². The fraction of sp³-hybridized carbons (Fsp3) is 0.424. The minimum absolute atomic E-state index is 0.103. The number of azide groups is 1. The number of ether oxygens (including phenoxy) is 6. The number of nitrogens with two attached hydrogens (primary N) is 2. The lowest BCUT2D eigenvalue weighted by molar-refractivity contribution is -0.330. The summed E-state index contributed by atoms with van der Waals surface area (Å²) in [6.45, 7) is 5.94. The maximum absolute atomic E-state index is 16.1. The zero-order chi connectivity index (χ0) is 75.0. The van der Waals surface area contributed by atoms with Crippen LogP contribution in [0.25, 0.3) is 21.6 Å². The first-order chi connectivity index (χ1) is 48.7. The van der Waals surface area contributed by atoms with Crippen LogP contribution in [-0.4, -0.2) is 186 Å². The quantitative estimate of drug-likeness (QED) is 0.0425. The van der Waals surface area contributed by atoms with E-state index in [4.69, 9.17) is 63.1 Å². The first kappa shape index (κ1) is 75.8. The van der Waals surface area contributed by atoms with Gasteiger partial charge in [-0.05, 0) is 116 Å². The molecule has 11 bridgehead atoms. The number of carboxylic acid groups (broad SMARTS) is 1. The number of phenolic OH excluding ortho intramolecular Hbond substituents is 3. The van der Waals surface area contributed by atoms with Crippen molar-refractivity contribution in [2.75, 3.05) is 13.6 Å². The van der Waals surface area contributed by atoms with Gasteiger partial charge in [0.25, 0.3) is 0 Å². The molecule has 37 heteroatoms. The zero-order valence-corrected chi connectivity index (χ0v) is 56.7. The molecule has 2 saturated heterocycles. The number of likely N-dealkylation sites (N-methyl/N-ethyl adjacent to an activating group) is 1. The molecule has 7 amide bonds. The van der Waals surface area contributed by atoms with Crippen LogP contribution in [0, 0.1) is 5.92 Å². The van der Waals surface area contributed by atoms with Crippen molar-refractivity contribution in [2.45, 2.75) is 156 Å². The molecule has 2 fully saturated rings. The number of nitrogens with one attached hydrogen (secondary N) is 7. The number of carbonyl (C=O) groups is 8. The Morgan fingerprint density at radius 3 is 1.95 bits per heavy atom. The zero-order valence-electron chi connectivity index (χ0n) is 55.2. The second-order valence-corrected chi connectivity index (χ2v) is 26.8. The average Bonchev–Trinajstić information content (AvgIpc) is 0.771. The highest BCUT2D eigenvalue weighted by molar-refractivity contribution is 6.32. The normalized spacial score (nSPS) is 29.0. The molecule has 12 rings (SSSR count). The smallest absolute Gasteiger partial charge is 0.330 e. The molecule has 550 valence electrons. The number of aliphatic hydroxyl groups excluding tert-OH is 5. The van der Waals surface area contributed by atoms with Crippen LogP contribution in [0.15, 0.2) is 84.0 Å². The number of phenols is 3. The van der Waals surface area contributed by atoms with E-state index >= 15 is 14.4 Å². The predicted octanol–water partition coefficient (Wildman–Crippen LogP) is 1.42. The number of hydrogen-bond acceptors (Lipinski definition) is 25. The number of aliphatic hydroxyl groups is 5. The Morgan fingerprint density at radius 1 is 0.748 bits per heavy atom. The third kappa shape index (κ3) is 16.3. The summed E-state index contributed by atoms with van der Waals surface area (Å²) in [7, 11) is 1.47. The first-order valence-corrected chi connectivity index (χ1v) is 32.8. The number of hydrogen-bond donors (Lipinski definition) is 18. The van der Waals surface area contributed by atoms with Gasteiger partial charge in [-0.25, -0.2) is 4.79 Å². The van der Waals surface area contributed by atoms with E-state index in [-0.39, 0.29) is 46.2 Å². The summed E-state index contributed by atoms with van der Waals surface area (Å²) in [4.78, 5) is 120. The minimum atomic E-state index is -2.36. The van der Waals surface area contributed by atoms with Gasteiger partial charge in [0.2, 0.25) is 53.4 Å². The van der Waals surface area contributed by atoms with Gasteiger partial charge in [0.15, 0.2) is 29.9 Å². The number of aromatic hydroxyl groups is 3. The second-order valence-electron chi connectivity index (χ2n) is 25.9. The molecular formula is C66H74Cl2N12O23. The Kier molecular flexibility index (Phi) is 22.8. The number of aliphatic carboxylic acids is 1. The highest BCUT2D eigenvalue weighted by atomic mass is 35.5. The van der Waals surface area contributed by atoms with Crippen molar-refractivity contribution >= 4 is 70.5 Å². The van der Waals surface area contributed by atoms with Gasteiger partial charge in [0, 0.05) is 39.6 Å². The lowest BCUT2D eigenvalue weighted by atomic mass is 9.86. The van der Waals surface area contributed by atoms with Gasteiger partial charge < -0.3 is 123 Å². The molecule has 20 N–H and O–H groups in total. The Morgan fingerprint density at radius 2 is 1.36 bits per heavy atom. The molecule has 0 saturated carbocycles. The van der Waals surface area contributed by atoms with Crippen LogP contribution < -0.4 is 62.9 Å². The molecule has 18 atom stereocenters. The largest absolute Gasteiger partial charge is 0.508 e. The van der Waals surface area contributed by atoms with E-state index < -0.39 is 237 Å². The fourth-order valence-electron chi connectivity index (χ4n) is 12.6. The van der Waals surface area contributed by atoms with Crippen molar-refractivity contribution in [3.63, 3.8) is 0 Å². The lowest BCUT2D eigenvalue weighted by Crippen LogP contribution is -2.64. The van der Waals surface area contributed by atoms with E-state index in [2.05, 4.69) is 47.2 Å². The van der Waals surface area contributed by atoms with Gasteiger partial charge >= 0.3 is 5.97 Å². The van der Waals surface area contributed by atoms with Gasteiger partial charge in [-0.1, -0.05) is 60.4 Å². The van der Waals surface area contributed by atoms with Crippen LogP contribution >= 0.6 is 23.2 Å². The van der Waals surface area contributed by atoms with Gasteiger partial charge in [-0.2, -0.15) is 0 Å². The molecule has 0 aliphatic carbocycles. The number of halogens is 2. The van der Waals surface area contributed by atoms with E-state index in [1.54, 1.807) is 0 Å². The number of amides is 7. The Hall–Kier alpha value is -9.85. The molecule has 5 aromatic carbocycles. The molecule has 9 unspecified atom stereocenters. The van der Waals surface area contributed by atoms with E-state index in [0.29, 0.717) is 0 Å². The fourth-order valence-corrected chi connectivity index (χ4v) is 13.1. The van der Waals surface area contributed by atoms with Crippen molar-refractivity contribution in [3.05, 3.63) is 127 Å². The van der Waals surface area contributed by atoms with Crippen molar-refractivity contribution in [1.82, 2.24) is 37.2 Å². The predicted molar refractivity (Wildman–Crippen MR) is 356 cm³/mol. The van der Waals surface area contributed by atoms with E-state index in [1.807, 2.05) is 13.8 Å². The number of fused-ring (bicyclic) bond motifs is 15. The maximum atomic E-state index is 16.1. The number of benzene rings is 5. The van der Waals surface area contributed by atoms with Crippen molar-refractivity contribution in [2.24, 2.45) is 22.5 Å². The number of nitrogens with zero attached hydrogens (tertiary/aromatic N) is 3. The summed E-state index contributed by atoms with van der Waals surface area (Å²) in [5.74, 6) is -16.1. The van der Waals surface area contributed by atoms with Crippen molar-refractivity contribution in [1.29, 1.82) is 0 Å². The number of rotatable bonds is 14. The van der Waals surface area contributed by atoms with E-state index in [1.165, 1.54) is 33.0 Å². The molecule has 0 aromatic heterocycles. The first-order valence-electron chi connectivity index (χ1n) is 32.0. The van der Waals surface area contributed by atoms with Crippen LogP contribution in [-0.2, 0) is 52.6 Å². The molecular weight excluding hydrogens is 1400 g/mol. The van der Waals surface area contributed by atoms with Crippen LogP contribution in [0.1, 0.15) is 105 Å². The van der Waals surface area contributed by atoms with Gasteiger partial charge in [-0.15, -0.1) is 0 Å². The highest BCUT2D eigenvalue weighted by Crippen LogP contribution is 2.50. The monoisotopic (exact) mass is 1470 g/mol. The summed E-state index contributed by atoms with van der Waals surface area (Å²) < 4.78 is 38.6. The van der Waals surface area contributed by atoms with Gasteiger partial charge in [0.1, 0.15) is 83.4 Å². The molecule has 103 heavy (non-hydrogen) atoms. The number of carbonyl (C=O) groups excluding carboxylic acids is 7.